The summed E-state index contributed by atoms with van der Waals surface area (Å²) in [7, 11) is -3.51. The van der Waals surface area contributed by atoms with Crippen LogP contribution in [0.15, 0.2) is 42.5 Å². The van der Waals surface area contributed by atoms with Crippen molar-refractivity contribution in [2.24, 2.45) is 5.92 Å². The Morgan fingerprint density at radius 1 is 1.02 bits per heavy atom. The van der Waals surface area contributed by atoms with Gasteiger partial charge in [-0.2, -0.15) is 0 Å². The third-order valence-electron chi connectivity index (χ3n) is 10.8. The summed E-state index contributed by atoms with van der Waals surface area (Å²) in [6.45, 7) is 6.91. The number of fused-ring (bicyclic) bond motifs is 2. The van der Waals surface area contributed by atoms with Crippen molar-refractivity contribution in [2.45, 2.75) is 82.0 Å². The first-order valence-electron chi connectivity index (χ1n) is 16.4. The maximum atomic E-state index is 16.3. The average molecular weight is 649 g/mol. The van der Waals surface area contributed by atoms with Crippen LogP contribution in [-0.4, -0.2) is 80.4 Å². The number of amides is 4. The van der Waals surface area contributed by atoms with E-state index in [1.807, 2.05) is 49.4 Å². The number of anilines is 3. The Labute approximate surface area is 269 Å². The fourth-order valence-electron chi connectivity index (χ4n) is 8.38. The van der Waals surface area contributed by atoms with E-state index in [-0.39, 0.29) is 49.2 Å². The fraction of sp³-hybridized carbons (Fsp3) is 0.529. The Hall–Kier alpha value is -3.61. The molecule has 0 aliphatic carbocycles. The first kappa shape index (κ1) is 31.0. The van der Waals surface area contributed by atoms with E-state index in [4.69, 9.17) is 4.74 Å². The zero-order valence-electron chi connectivity index (χ0n) is 26.6. The molecule has 12 heteroatoms. The molecular weight excluding hydrogens is 607 g/mol. The van der Waals surface area contributed by atoms with Crippen molar-refractivity contribution in [3.63, 3.8) is 0 Å². The minimum atomic E-state index is -3.51. The number of hydrogen-bond acceptors (Lipinski definition) is 6. The van der Waals surface area contributed by atoms with Crippen LogP contribution in [0.5, 0.6) is 0 Å². The van der Waals surface area contributed by atoms with Crippen molar-refractivity contribution in [1.29, 1.82) is 0 Å². The van der Waals surface area contributed by atoms with E-state index in [1.54, 1.807) is 32.7 Å². The molecule has 1 spiro atoms. The summed E-state index contributed by atoms with van der Waals surface area (Å²) in [5.41, 5.74) is 1.28. The normalized spacial score (nSPS) is 29.1. The number of benzene rings is 2. The van der Waals surface area contributed by atoms with E-state index in [0.29, 0.717) is 55.8 Å². The van der Waals surface area contributed by atoms with Gasteiger partial charge < -0.3 is 33.6 Å². The van der Waals surface area contributed by atoms with Gasteiger partial charge in [-0.25, -0.2) is 0 Å². The minimum Gasteiger partial charge on any atom is -0.394 e. The van der Waals surface area contributed by atoms with Crippen molar-refractivity contribution in [2.75, 3.05) is 40.9 Å². The number of hydrogen-bond donors (Lipinski definition) is 1. The molecule has 0 saturated carbocycles. The van der Waals surface area contributed by atoms with Crippen LogP contribution in [0.25, 0.3) is 0 Å². The molecule has 0 bridgehead atoms. The molecule has 46 heavy (non-hydrogen) atoms. The van der Waals surface area contributed by atoms with Gasteiger partial charge >= 0.3 is 0 Å². The maximum Gasteiger partial charge on any atom is 0.264 e. The summed E-state index contributed by atoms with van der Waals surface area (Å²) < 4.78 is 23.2. The van der Waals surface area contributed by atoms with Gasteiger partial charge in [-0.1, -0.05) is 19.1 Å². The number of halogens is 1. The molecule has 10 nitrogen and oxygen atoms in total. The standard InChI is InChI=1S/C34H41FN4O6Si/c1-21-32(46(2,3)35)28(18-31(43)36-13-5-8-25(36)20-40)45-34(21)26-17-24(38-15-12-30(38)42)9-10-27(26)39(33(34)44)19-22-6-4-7-23(16-22)37-14-11-29(37)41/h4,6-7,9-10,16-17,21,25,28,32,40H,5,8,11-15,18-20H2,1-3H3/t21-,25+,28+,32-,34+/m1/s1. The number of nitrogens with zero attached hydrogens (tertiary/aromatic N) is 4. The molecule has 5 aliphatic heterocycles. The second-order valence-electron chi connectivity index (χ2n) is 13.9. The van der Waals surface area contributed by atoms with E-state index >= 15 is 4.11 Å². The van der Waals surface area contributed by atoms with Gasteiger partial charge in [-0.05, 0) is 61.8 Å². The lowest BCUT2D eigenvalue weighted by Gasteiger charge is -2.33. The second-order valence-corrected chi connectivity index (χ2v) is 17.7. The summed E-state index contributed by atoms with van der Waals surface area (Å²) >= 11 is 0. The number of aliphatic hydroxyl groups excluding tert-OH is 1. The Morgan fingerprint density at radius 2 is 1.72 bits per heavy atom. The molecular formula is C34H41FN4O6Si. The SMILES string of the molecule is C[C@@H]1[C@@H]([Si](C)(C)F)[C@H](CC(=O)N2CCC[C@H]2CO)O[C@@]12C(=O)N(Cc1cccc(N3CCC3=O)c1)c1ccc(N3CCC3=O)cc12. The fourth-order valence-corrected chi connectivity index (χ4v) is 10.9. The Balaban J connectivity index is 1.28. The number of carbonyl (C=O) groups is 4. The summed E-state index contributed by atoms with van der Waals surface area (Å²) in [6.07, 6.45) is 1.57. The monoisotopic (exact) mass is 648 g/mol. The summed E-state index contributed by atoms with van der Waals surface area (Å²) in [4.78, 5) is 59.8. The predicted molar refractivity (Wildman–Crippen MR) is 173 cm³/mol. The lowest BCUT2D eigenvalue weighted by atomic mass is 9.82. The molecule has 2 aromatic carbocycles. The number of likely N-dealkylation sites (tertiary alicyclic amines) is 1. The van der Waals surface area contributed by atoms with Crippen LogP contribution in [0.3, 0.4) is 0 Å². The van der Waals surface area contributed by atoms with Gasteiger partial charge in [0.15, 0.2) is 5.60 Å². The summed E-state index contributed by atoms with van der Waals surface area (Å²) in [5.74, 6) is -1.05. The van der Waals surface area contributed by atoms with Crippen molar-refractivity contribution in [1.82, 2.24) is 4.90 Å². The van der Waals surface area contributed by atoms with E-state index in [9.17, 15) is 24.3 Å². The molecule has 5 atom stereocenters. The smallest absolute Gasteiger partial charge is 0.264 e. The molecule has 7 rings (SSSR count). The molecule has 4 saturated heterocycles. The molecule has 244 valence electrons. The number of carbonyl (C=O) groups excluding carboxylic acids is 4. The van der Waals surface area contributed by atoms with Crippen molar-refractivity contribution in [3.05, 3.63) is 53.6 Å². The average Bonchev–Trinajstić information content (AvgIpc) is 3.66. The Bertz CT molecular complexity index is 1610. The highest BCUT2D eigenvalue weighted by molar-refractivity contribution is 6.72. The lowest BCUT2D eigenvalue weighted by molar-refractivity contribution is -0.150. The zero-order chi connectivity index (χ0) is 32.5. The lowest BCUT2D eigenvalue weighted by Crippen LogP contribution is -2.45. The molecule has 5 aliphatic rings. The van der Waals surface area contributed by atoms with Crippen LogP contribution in [0, 0.1) is 5.92 Å². The number of ether oxygens (including phenoxy) is 1. The Morgan fingerprint density at radius 3 is 2.33 bits per heavy atom. The van der Waals surface area contributed by atoms with E-state index < -0.39 is 31.6 Å². The quantitative estimate of drug-likeness (QED) is 0.265. The van der Waals surface area contributed by atoms with Gasteiger partial charge in [0.2, 0.25) is 26.1 Å². The molecule has 0 unspecified atom stereocenters. The van der Waals surface area contributed by atoms with Crippen molar-refractivity contribution < 1.29 is 33.1 Å². The van der Waals surface area contributed by atoms with Crippen LogP contribution < -0.4 is 14.7 Å². The Kier molecular flexibility index (Phi) is 7.60. The van der Waals surface area contributed by atoms with E-state index in [2.05, 4.69) is 0 Å². The van der Waals surface area contributed by atoms with Crippen LogP contribution in [0.2, 0.25) is 18.6 Å². The molecule has 4 fully saturated rings. The highest BCUT2D eigenvalue weighted by atomic mass is 28.4. The van der Waals surface area contributed by atoms with Gasteiger partial charge in [0, 0.05) is 60.9 Å². The van der Waals surface area contributed by atoms with Gasteiger partial charge in [0.1, 0.15) is 0 Å². The van der Waals surface area contributed by atoms with Crippen LogP contribution >= 0.6 is 0 Å². The third-order valence-corrected chi connectivity index (χ3v) is 13.3. The number of rotatable bonds is 8. The van der Waals surface area contributed by atoms with E-state index in [1.165, 1.54) is 0 Å². The molecule has 0 radical (unpaired) electrons. The molecule has 1 N–H and O–H groups in total. The molecule has 2 aromatic rings. The molecule has 5 heterocycles. The highest BCUT2D eigenvalue weighted by Gasteiger charge is 2.67. The van der Waals surface area contributed by atoms with Crippen molar-refractivity contribution in [3.8, 4) is 0 Å². The van der Waals surface area contributed by atoms with Gasteiger partial charge in [-0.15, -0.1) is 0 Å². The van der Waals surface area contributed by atoms with Gasteiger partial charge in [0.25, 0.3) is 5.91 Å². The molecule has 4 amide bonds. The molecule has 0 aromatic heterocycles. The summed E-state index contributed by atoms with van der Waals surface area (Å²) in [6, 6.07) is 12.8. The van der Waals surface area contributed by atoms with Crippen LogP contribution in [0.1, 0.15) is 50.2 Å². The highest BCUT2D eigenvalue weighted by Crippen LogP contribution is 2.61. The van der Waals surface area contributed by atoms with E-state index in [0.717, 1.165) is 17.7 Å². The zero-order valence-corrected chi connectivity index (χ0v) is 27.6. The summed E-state index contributed by atoms with van der Waals surface area (Å²) in [5, 5.41) is 9.85. The van der Waals surface area contributed by atoms with Crippen LogP contribution in [-0.2, 0) is 36.1 Å². The van der Waals surface area contributed by atoms with Crippen LogP contribution in [0.4, 0.5) is 21.2 Å². The first-order valence-corrected chi connectivity index (χ1v) is 19.3. The third kappa shape index (κ3) is 4.79. The van der Waals surface area contributed by atoms with Gasteiger partial charge in [-0.3, -0.25) is 19.2 Å². The van der Waals surface area contributed by atoms with Gasteiger partial charge in [0.05, 0.1) is 37.4 Å². The largest absolute Gasteiger partial charge is 0.394 e. The topological polar surface area (TPSA) is 111 Å². The maximum absolute atomic E-state index is 16.3. The number of aliphatic hydroxyl groups is 1. The number of β-lactam (4-membered cyclic amide) rings is 2. The van der Waals surface area contributed by atoms with Crippen molar-refractivity contribution >= 4 is 49.1 Å². The minimum absolute atomic E-state index is 0.00405. The predicted octanol–water partition coefficient (Wildman–Crippen LogP) is 3.86. The second kappa shape index (κ2) is 11.3. The first-order chi connectivity index (χ1) is 21.9.